The third kappa shape index (κ3) is 4.27. The molecule has 0 aromatic carbocycles. The van der Waals surface area contributed by atoms with Gasteiger partial charge in [0.15, 0.2) is 9.84 Å². The molecule has 0 radical (unpaired) electrons. The highest BCUT2D eigenvalue weighted by Gasteiger charge is 2.33. The summed E-state index contributed by atoms with van der Waals surface area (Å²) in [7, 11) is -3.00. The number of nitrogens with one attached hydrogen (secondary N) is 2. The molecule has 100 valence electrons. The predicted molar refractivity (Wildman–Crippen MR) is 67.6 cm³/mol. The summed E-state index contributed by atoms with van der Waals surface area (Å²) in [4.78, 5) is 11.9. The van der Waals surface area contributed by atoms with E-state index in [0.29, 0.717) is 0 Å². The molecule has 1 fully saturated rings. The SMILES string of the molecule is CCS(=O)(=O)CCNC(=O)C1(C)CCCCN1. The van der Waals surface area contributed by atoms with E-state index in [1.165, 1.54) is 0 Å². The third-order valence-electron chi connectivity index (χ3n) is 3.26. The largest absolute Gasteiger partial charge is 0.353 e. The van der Waals surface area contributed by atoms with Crippen molar-refractivity contribution in [1.29, 1.82) is 0 Å². The minimum atomic E-state index is -3.00. The Morgan fingerprint density at radius 2 is 2.12 bits per heavy atom. The molecule has 0 spiro atoms. The van der Waals surface area contributed by atoms with Crippen molar-refractivity contribution in [2.24, 2.45) is 0 Å². The Labute approximate surface area is 103 Å². The van der Waals surface area contributed by atoms with Crippen LogP contribution in [0.25, 0.3) is 0 Å². The molecular weight excluding hydrogens is 240 g/mol. The molecule has 1 unspecified atom stereocenters. The van der Waals surface area contributed by atoms with Crippen LogP contribution in [-0.4, -0.2) is 44.5 Å². The lowest BCUT2D eigenvalue weighted by atomic mass is 9.90. The monoisotopic (exact) mass is 262 g/mol. The van der Waals surface area contributed by atoms with Gasteiger partial charge in [0, 0.05) is 12.3 Å². The maximum absolute atomic E-state index is 11.9. The fraction of sp³-hybridized carbons (Fsp3) is 0.909. The zero-order chi connectivity index (χ0) is 12.9. The molecule has 1 saturated heterocycles. The lowest BCUT2D eigenvalue weighted by Gasteiger charge is -2.33. The van der Waals surface area contributed by atoms with Crippen molar-refractivity contribution in [3.8, 4) is 0 Å². The zero-order valence-electron chi connectivity index (χ0n) is 10.6. The van der Waals surface area contributed by atoms with E-state index in [2.05, 4.69) is 10.6 Å². The van der Waals surface area contributed by atoms with Gasteiger partial charge >= 0.3 is 0 Å². The van der Waals surface area contributed by atoms with Gasteiger partial charge in [-0.1, -0.05) is 6.92 Å². The zero-order valence-corrected chi connectivity index (χ0v) is 11.4. The van der Waals surface area contributed by atoms with Crippen molar-refractivity contribution in [1.82, 2.24) is 10.6 Å². The molecule has 1 aliphatic heterocycles. The summed E-state index contributed by atoms with van der Waals surface area (Å²) in [5.74, 6) is 0.0486. The second kappa shape index (κ2) is 5.82. The quantitative estimate of drug-likeness (QED) is 0.735. The van der Waals surface area contributed by atoms with E-state index in [-0.39, 0.29) is 24.0 Å². The van der Waals surface area contributed by atoms with Gasteiger partial charge in [0.1, 0.15) is 0 Å². The van der Waals surface area contributed by atoms with Crippen LogP contribution in [0.15, 0.2) is 0 Å². The average Bonchev–Trinajstić information content (AvgIpc) is 2.29. The van der Waals surface area contributed by atoms with E-state index < -0.39 is 15.4 Å². The lowest BCUT2D eigenvalue weighted by Crippen LogP contribution is -2.57. The van der Waals surface area contributed by atoms with Crippen LogP contribution in [0.5, 0.6) is 0 Å². The van der Waals surface area contributed by atoms with Gasteiger partial charge in [0.05, 0.1) is 11.3 Å². The van der Waals surface area contributed by atoms with E-state index in [1.807, 2.05) is 6.92 Å². The Balaban J connectivity index is 2.39. The highest BCUT2D eigenvalue weighted by Crippen LogP contribution is 2.18. The molecule has 5 nitrogen and oxygen atoms in total. The Bertz CT molecular complexity index is 359. The van der Waals surface area contributed by atoms with Gasteiger partial charge in [0.2, 0.25) is 5.91 Å². The smallest absolute Gasteiger partial charge is 0.240 e. The molecule has 17 heavy (non-hydrogen) atoms. The Morgan fingerprint density at radius 1 is 1.41 bits per heavy atom. The summed E-state index contributed by atoms with van der Waals surface area (Å²) in [6.45, 7) is 4.53. The topological polar surface area (TPSA) is 75.3 Å². The number of amides is 1. The molecule has 0 bridgehead atoms. The lowest BCUT2D eigenvalue weighted by molar-refractivity contribution is -0.127. The summed E-state index contributed by atoms with van der Waals surface area (Å²) < 4.78 is 22.5. The minimum absolute atomic E-state index is 0.0192. The number of piperidine rings is 1. The first-order valence-corrected chi connectivity index (χ1v) is 7.95. The van der Waals surface area contributed by atoms with Gasteiger partial charge in [0.25, 0.3) is 0 Å². The van der Waals surface area contributed by atoms with Crippen molar-refractivity contribution < 1.29 is 13.2 Å². The summed E-state index contributed by atoms with van der Waals surface area (Å²) >= 11 is 0. The average molecular weight is 262 g/mol. The Morgan fingerprint density at radius 3 is 2.65 bits per heavy atom. The van der Waals surface area contributed by atoms with Gasteiger partial charge in [-0.05, 0) is 32.7 Å². The van der Waals surface area contributed by atoms with Crippen molar-refractivity contribution in [2.45, 2.75) is 38.6 Å². The fourth-order valence-electron chi connectivity index (χ4n) is 1.91. The molecule has 0 aromatic heterocycles. The summed E-state index contributed by atoms with van der Waals surface area (Å²) in [5, 5.41) is 5.90. The van der Waals surface area contributed by atoms with Gasteiger partial charge in [-0.2, -0.15) is 0 Å². The van der Waals surface area contributed by atoms with Crippen LogP contribution in [0.4, 0.5) is 0 Å². The molecule has 1 heterocycles. The van der Waals surface area contributed by atoms with E-state index in [9.17, 15) is 13.2 Å². The van der Waals surface area contributed by atoms with Crippen molar-refractivity contribution in [3.05, 3.63) is 0 Å². The van der Waals surface area contributed by atoms with E-state index >= 15 is 0 Å². The second-order valence-corrected chi connectivity index (χ2v) is 7.18. The number of carbonyl (C=O) groups excluding carboxylic acids is 1. The molecule has 0 aromatic rings. The summed E-state index contributed by atoms with van der Waals surface area (Å²) in [6, 6.07) is 0. The summed E-state index contributed by atoms with van der Waals surface area (Å²) in [5.41, 5.74) is -0.534. The van der Waals surface area contributed by atoms with Crippen LogP contribution in [0.3, 0.4) is 0 Å². The number of hydrogen-bond acceptors (Lipinski definition) is 4. The van der Waals surface area contributed by atoms with E-state index in [4.69, 9.17) is 0 Å². The first-order valence-electron chi connectivity index (χ1n) is 6.13. The molecule has 6 heteroatoms. The van der Waals surface area contributed by atoms with E-state index in [0.717, 1.165) is 25.8 Å². The van der Waals surface area contributed by atoms with Crippen molar-refractivity contribution >= 4 is 15.7 Å². The van der Waals surface area contributed by atoms with Crippen LogP contribution >= 0.6 is 0 Å². The van der Waals surface area contributed by atoms with Crippen LogP contribution in [0.2, 0.25) is 0 Å². The van der Waals surface area contributed by atoms with Crippen molar-refractivity contribution in [2.75, 3.05) is 24.6 Å². The highest BCUT2D eigenvalue weighted by molar-refractivity contribution is 7.91. The van der Waals surface area contributed by atoms with Gasteiger partial charge in [-0.15, -0.1) is 0 Å². The maximum Gasteiger partial charge on any atom is 0.240 e. The van der Waals surface area contributed by atoms with Crippen LogP contribution in [0, 0.1) is 0 Å². The van der Waals surface area contributed by atoms with E-state index in [1.54, 1.807) is 6.92 Å². The second-order valence-electron chi connectivity index (χ2n) is 4.71. The Kier molecular flexibility index (Phi) is 4.94. The molecule has 0 saturated carbocycles. The van der Waals surface area contributed by atoms with Gasteiger partial charge in [-0.25, -0.2) is 8.42 Å². The Hall–Kier alpha value is -0.620. The van der Waals surface area contributed by atoms with Crippen LogP contribution in [0.1, 0.15) is 33.1 Å². The molecule has 0 aliphatic carbocycles. The molecule has 2 N–H and O–H groups in total. The first kappa shape index (κ1) is 14.4. The molecular formula is C11H22N2O3S. The number of rotatable bonds is 5. The highest BCUT2D eigenvalue weighted by atomic mass is 32.2. The van der Waals surface area contributed by atoms with Crippen LogP contribution < -0.4 is 10.6 Å². The van der Waals surface area contributed by atoms with Gasteiger partial charge < -0.3 is 10.6 Å². The first-order chi connectivity index (χ1) is 7.90. The molecule has 1 rings (SSSR count). The molecule has 1 amide bonds. The third-order valence-corrected chi connectivity index (χ3v) is 4.96. The summed E-state index contributed by atoms with van der Waals surface area (Å²) in [6.07, 6.45) is 2.93. The maximum atomic E-state index is 11.9. The minimum Gasteiger partial charge on any atom is -0.353 e. The normalized spacial score (nSPS) is 25.5. The number of carbonyl (C=O) groups is 1. The standard InChI is InChI=1S/C11H22N2O3S/c1-3-17(15,16)9-8-12-10(14)11(2)6-4-5-7-13-11/h13H,3-9H2,1-2H3,(H,12,14). The van der Waals surface area contributed by atoms with Gasteiger partial charge in [-0.3, -0.25) is 4.79 Å². The predicted octanol–water partition coefficient (Wildman–Crippen LogP) is 0.0695. The molecule has 1 aliphatic rings. The van der Waals surface area contributed by atoms with Crippen LogP contribution in [-0.2, 0) is 14.6 Å². The fourth-order valence-corrected chi connectivity index (χ4v) is 2.61. The number of hydrogen-bond donors (Lipinski definition) is 2. The van der Waals surface area contributed by atoms with Crippen molar-refractivity contribution in [3.63, 3.8) is 0 Å². The molecule has 1 atom stereocenters. The number of sulfone groups is 1.